The molecule has 0 saturated heterocycles. The predicted octanol–water partition coefficient (Wildman–Crippen LogP) is 4.02. The summed E-state index contributed by atoms with van der Waals surface area (Å²) in [5.41, 5.74) is 1.43. The van der Waals surface area contributed by atoms with Crippen LogP contribution in [0.25, 0.3) is 0 Å². The van der Waals surface area contributed by atoms with Gasteiger partial charge in [-0.25, -0.2) is 8.78 Å². The van der Waals surface area contributed by atoms with Crippen LogP contribution in [0, 0.1) is 11.6 Å². The molecule has 0 heterocycles. The van der Waals surface area contributed by atoms with Gasteiger partial charge in [-0.3, -0.25) is 0 Å². The minimum Gasteiger partial charge on any atom is -0.309 e. The van der Waals surface area contributed by atoms with E-state index in [0.717, 1.165) is 5.56 Å². The normalized spacial score (nSPS) is 10.6. The van der Waals surface area contributed by atoms with Gasteiger partial charge in [0.15, 0.2) is 0 Å². The van der Waals surface area contributed by atoms with E-state index in [1.807, 2.05) is 6.07 Å². The van der Waals surface area contributed by atoms with Gasteiger partial charge < -0.3 is 5.32 Å². The van der Waals surface area contributed by atoms with Gasteiger partial charge in [-0.1, -0.05) is 34.1 Å². The fourth-order valence-electron chi connectivity index (χ4n) is 1.65. The first-order valence-electron chi connectivity index (χ1n) is 5.54. The second-order valence-electron chi connectivity index (χ2n) is 3.97. The van der Waals surface area contributed by atoms with E-state index in [2.05, 4.69) is 21.2 Å². The van der Waals surface area contributed by atoms with E-state index >= 15 is 0 Å². The summed E-state index contributed by atoms with van der Waals surface area (Å²) in [6.07, 6.45) is 0. The lowest BCUT2D eigenvalue weighted by Crippen LogP contribution is -2.13. The molecule has 0 fully saturated rings. The molecule has 0 aliphatic carbocycles. The summed E-state index contributed by atoms with van der Waals surface area (Å²) in [6, 6.07) is 11.3. The zero-order valence-corrected chi connectivity index (χ0v) is 11.2. The molecule has 0 unspecified atom stereocenters. The lowest BCUT2D eigenvalue weighted by Gasteiger charge is -2.06. The van der Waals surface area contributed by atoms with Gasteiger partial charge in [0.2, 0.25) is 0 Å². The molecule has 0 atom stereocenters. The highest BCUT2D eigenvalue weighted by atomic mass is 79.9. The van der Waals surface area contributed by atoms with Crippen molar-refractivity contribution in [3.8, 4) is 0 Å². The highest BCUT2D eigenvalue weighted by molar-refractivity contribution is 9.10. The summed E-state index contributed by atoms with van der Waals surface area (Å²) in [7, 11) is 0. The van der Waals surface area contributed by atoms with Crippen molar-refractivity contribution in [2.24, 2.45) is 0 Å². The summed E-state index contributed by atoms with van der Waals surface area (Å²) in [5.74, 6) is -0.514. The molecule has 2 aromatic carbocycles. The summed E-state index contributed by atoms with van der Waals surface area (Å²) < 4.78 is 27.2. The average Bonchev–Trinajstić information content (AvgIpc) is 2.32. The molecule has 2 rings (SSSR count). The Balaban J connectivity index is 1.92. The second kappa shape index (κ2) is 6.07. The Kier molecular flexibility index (Phi) is 4.44. The van der Waals surface area contributed by atoms with Crippen LogP contribution in [0.5, 0.6) is 0 Å². The van der Waals surface area contributed by atoms with E-state index in [1.54, 1.807) is 18.2 Å². The van der Waals surface area contributed by atoms with Gasteiger partial charge in [-0.2, -0.15) is 0 Å². The summed E-state index contributed by atoms with van der Waals surface area (Å²) in [5, 5.41) is 3.08. The maximum atomic E-state index is 13.5. The van der Waals surface area contributed by atoms with E-state index in [4.69, 9.17) is 0 Å². The molecule has 94 valence electrons. The van der Waals surface area contributed by atoms with Crippen LogP contribution in [0.4, 0.5) is 8.78 Å². The predicted molar refractivity (Wildman–Crippen MR) is 71.0 cm³/mol. The van der Waals surface area contributed by atoms with Crippen LogP contribution in [-0.4, -0.2) is 0 Å². The van der Waals surface area contributed by atoms with Crippen molar-refractivity contribution < 1.29 is 8.78 Å². The van der Waals surface area contributed by atoms with E-state index in [9.17, 15) is 8.78 Å². The number of benzene rings is 2. The molecular weight excluding hydrogens is 300 g/mol. The van der Waals surface area contributed by atoms with Gasteiger partial charge >= 0.3 is 0 Å². The first-order chi connectivity index (χ1) is 8.65. The van der Waals surface area contributed by atoms with Crippen LogP contribution in [0.15, 0.2) is 46.9 Å². The Morgan fingerprint density at radius 2 is 1.83 bits per heavy atom. The molecule has 0 spiro atoms. The van der Waals surface area contributed by atoms with Crippen LogP contribution in [0.1, 0.15) is 11.1 Å². The van der Waals surface area contributed by atoms with Crippen LogP contribution < -0.4 is 5.32 Å². The van der Waals surface area contributed by atoms with E-state index in [-0.39, 0.29) is 11.6 Å². The number of rotatable bonds is 4. The maximum absolute atomic E-state index is 13.5. The fourth-order valence-corrected chi connectivity index (χ4v) is 1.99. The molecule has 0 aliphatic heterocycles. The average molecular weight is 312 g/mol. The first kappa shape index (κ1) is 13.2. The molecule has 0 saturated carbocycles. The van der Waals surface area contributed by atoms with Crippen molar-refractivity contribution >= 4 is 15.9 Å². The molecule has 1 N–H and O–H groups in total. The third-order valence-corrected chi connectivity index (χ3v) is 3.04. The fraction of sp³-hybridized carbons (Fsp3) is 0.143. The Bertz CT molecular complexity index is 543. The van der Waals surface area contributed by atoms with Gasteiger partial charge in [0.1, 0.15) is 11.6 Å². The van der Waals surface area contributed by atoms with Crippen LogP contribution in [0.3, 0.4) is 0 Å². The topological polar surface area (TPSA) is 12.0 Å². The number of hydrogen-bond acceptors (Lipinski definition) is 1. The molecule has 0 amide bonds. The van der Waals surface area contributed by atoms with Gasteiger partial charge in [-0.15, -0.1) is 0 Å². The lowest BCUT2D eigenvalue weighted by atomic mass is 10.2. The Hall–Kier alpha value is -1.26. The van der Waals surface area contributed by atoms with E-state index in [1.165, 1.54) is 18.2 Å². The van der Waals surface area contributed by atoms with Gasteiger partial charge in [0, 0.05) is 23.1 Å². The standard InChI is InChI=1S/C14H12BrF2N/c15-12-5-4-11(14(17)7-12)9-18-8-10-2-1-3-13(16)6-10/h1-7,18H,8-9H2. The minimum absolute atomic E-state index is 0.254. The Morgan fingerprint density at radius 1 is 1.00 bits per heavy atom. The van der Waals surface area contributed by atoms with E-state index < -0.39 is 0 Å². The Labute approximate surface area is 113 Å². The third kappa shape index (κ3) is 3.62. The van der Waals surface area contributed by atoms with Crippen LogP contribution in [-0.2, 0) is 13.1 Å². The van der Waals surface area contributed by atoms with Crippen molar-refractivity contribution in [3.63, 3.8) is 0 Å². The molecule has 0 aromatic heterocycles. The molecule has 18 heavy (non-hydrogen) atoms. The van der Waals surface area contributed by atoms with E-state index in [0.29, 0.717) is 23.1 Å². The highest BCUT2D eigenvalue weighted by Crippen LogP contribution is 2.15. The monoisotopic (exact) mass is 311 g/mol. The molecule has 0 radical (unpaired) electrons. The molecule has 4 heteroatoms. The molecule has 1 nitrogen and oxygen atoms in total. The van der Waals surface area contributed by atoms with Crippen LogP contribution >= 0.6 is 15.9 Å². The summed E-state index contributed by atoms with van der Waals surface area (Å²) in [6.45, 7) is 0.920. The third-order valence-electron chi connectivity index (χ3n) is 2.55. The zero-order valence-electron chi connectivity index (χ0n) is 9.59. The summed E-state index contributed by atoms with van der Waals surface area (Å²) in [4.78, 5) is 0. The summed E-state index contributed by atoms with van der Waals surface area (Å²) >= 11 is 3.21. The molecule has 0 bridgehead atoms. The van der Waals surface area contributed by atoms with Crippen molar-refractivity contribution in [1.29, 1.82) is 0 Å². The molecule has 2 aromatic rings. The smallest absolute Gasteiger partial charge is 0.128 e. The van der Waals surface area contributed by atoms with Gasteiger partial charge in [0.05, 0.1) is 0 Å². The molecule has 0 aliphatic rings. The van der Waals surface area contributed by atoms with Gasteiger partial charge in [-0.05, 0) is 29.8 Å². The lowest BCUT2D eigenvalue weighted by molar-refractivity contribution is 0.585. The molecular formula is C14H12BrF2N. The quantitative estimate of drug-likeness (QED) is 0.899. The number of hydrogen-bond donors (Lipinski definition) is 1. The highest BCUT2D eigenvalue weighted by Gasteiger charge is 2.02. The van der Waals surface area contributed by atoms with Crippen molar-refractivity contribution in [1.82, 2.24) is 5.32 Å². The minimum atomic E-state index is -0.260. The SMILES string of the molecule is Fc1cccc(CNCc2ccc(Br)cc2F)c1. The van der Waals surface area contributed by atoms with Crippen molar-refractivity contribution in [3.05, 3.63) is 69.7 Å². The van der Waals surface area contributed by atoms with Crippen molar-refractivity contribution in [2.45, 2.75) is 13.1 Å². The first-order valence-corrected chi connectivity index (χ1v) is 6.33. The zero-order chi connectivity index (χ0) is 13.0. The van der Waals surface area contributed by atoms with Crippen LogP contribution in [0.2, 0.25) is 0 Å². The van der Waals surface area contributed by atoms with Gasteiger partial charge in [0.25, 0.3) is 0 Å². The number of halogens is 3. The Morgan fingerprint density at radius 3 is 2.56 bits per heavy atom. The maximum Gasteiger partial charge on any atom is 0.128 e. The second-order valence-corrected chi connectivity index (χ2v) is 4.88. The number of nitrogens with one attached hydrogen (secondary N) is 1. The largest absolute Gasteiger partial charge is 0.309 e. The van der Waals surface area contributed by atoms with Crippen molar-refractivity contribution in [2.75, 3.05) is 0 Å².